The number of likely N-dealkylation sites (N-methyl/N-ethyl adjacent to an activating group) is 1. The Kier molecular flexibility index (Phi) is 7.00. The molecule has 0 aliphatic carbocycles. The molecule has 1 aliphatic rings. The van der Waals surface area contributed by atoms with Crippen LogP contribution in [0.4, 0.5) is 0 Å². The van der Waals surface area contributed by atoms with Crippen molar-refractivity contribution in [3.05, 3.63) is 35.7 Å². The van der Waals surface area contributed by atoms with Gasteiger partial charge in [0.1, 0.15) is 5.75 Å². The lowest BCUT2D eigenvalue weighted by molar-refractivity contribution is 0.0943. The second-order valence-corrected chi connectivity index (χ2v) is 7.12. The van der Waals surface area contributed by atoms with Crippen LogP contribution in [0, 0.1) is 6.92 Å². The molecule has 1 aliphatic heterocycles. The number of carbonyl (C=O) groups is 1. The smallest absolute Gasteiger partial charge is 0.273 e. The van der Waals surface area contributed by atoms with E-state index in [1.165, 1.54) is 0 Å². The van der Waals surface area contributed by atoms with Gasteiger partial charge in [0.05, 0.1) is 18.0 Å². The van der Waals surface area contributed by atoms with E-state index in [1.54, 1.807) is 4.68 Å². The minimum Gasteiger partial charge on any atom is -0.494 e. The highest BCUT2D eigenvalue weighted by molar-refractivity contribution is 5.93. The Morgan fingerprint density at radius 3 is 2.57 bits per heavy atom. The highest BCUT2D eigenvalue weighted by Gasteiger charge is 2.17. The number of hydrogen-bond donors (Lipinski definition) is 1. The number of carbonyl (C=O) groups excluding carboxylic acids is 1. The van der Waals surface area contributed by atoms with E-state index in [4.69, 9.17) is 4.74 Å². The molecule has 8 nitrogen and oxygen atoms in total. The summed E-state index contributed by atoms with van der Waals surface area (Å²) in [4.78, 5) is 17.3. The molecule has 1 saturated heterocycles. The minimum atomic E-state index is -0.173. The van der Waals surface area contributed by atoms with E-state index in [-0.39, 0.29) is 5.91 Å². The fourth-order valence-corrected chi connectivity index (χ4v) is 3.29. The van der Waals surface area contributed by atoms with Crippen LogP contribution in [0.15, 0.2) is 24.3 Å². The number of hydrogen-bond acceptors (Lipinski definition) is 6. The molecule has 1 aromatic carbocycles. The van der Waals surface area contributed by atoms with E-state index in [9.17, 15) is 4.79 Å². The molecule has 0 bridgehead atoms. The lowest BCUT2D eigenvalue weighted by Gasteiger charge is -2.32. The Morgan fingerprint density at radius 2 is 1.89 bits per heavy atom. The van der Waals surface area contributed by atoms with Gasteiger partial charge >= 0.3 is 0 Å². The molecule has 2 aromatic rings. The van der Waals surface area contributed by atoms with Crippen molar-refractivity contribution in [2.24, 2.45) is 0 Å². The molecule has 2 heterocycles. The molecule has 0 atom stereocenters. The summed E-state index contributed by atoms with van der Waals surface area (Å²) < 4.78 is 7.13. The van der Waals surface area contributed by atoms with Gasteiger partial charge in [-0.15, -0.1) is 5.10 Å². The first-order valence-electron chi connectivity index (χ1n) is 9.93. The van der Waals surface area contributed by atoms with E-state index in [2.05, 4.69) is 32.5 Å². The molecule has 1 amide bonds. The lowest BCUT2D eigenvalue weighted by atomic mass is 10.2. The summed E-state index contributed by atoms with van der Waals surface area (Å²) in [6.07, 6.45) is 0.932. The number of ether oxygens (including phenoxy) is 1. The van der Waals surface area contributed by atoms with Crippen LogP contribution in [0.2, 0.25) is 0 Å². The first-order valence-corrected chi connectivity index (χ1v) is 9.93. The van der Waals surface area contributed by atoms with Gasteiger partial charge in [-0.1, -0.05) is 5.21 Å². The van der Waals surface area contributed by atoms with Crippen molar-refractivity contribution in [2.75, 3.05) is 52.9 Å². The number of nitrogens with zero attached hydrogens (tertiary/aromatic N) is 5. The fourth-order valence-electron chi connectivity index (χ4n) is 3.29. The van der Waals surface area contributed by atoms with Crippen LogP contribution < -0.4 is 10.1 Å². The standard InChI is InChI=1S/C20H30N6O2/c1-4-28-18-8-6-17(7-9-18)26-16(2)19(22-23-26)20(27)21-10-5-11-25-14-12-24(3)13-15-25/h6-9H,4-5,10-15H2,1-3H3,(H,21,27). The van der Waals surface area contributed by atoms with Crippen LogP contribution in [0.5, 0.6) is 5.75 Å². The summed E-state index contributed by atoms with van der Waals surface area (Å²) in [5, 5.41) is 11.2. The summed E-state index contributed by atoms with van der Waals surface area (Å²) in [7, 11) is 2.15. The highest BCUT2D eigenvalue weighted by atomic mass is 16.5. The quantitative estimate of drug-likeness (QED) is 0.690. The zero-order valence-electron chi connectivity index (χ0n) is 17.0. The normalized spacial score (nSPS) is 15.5. The first-order chi connectivity index (χ1) is 13.6. The first kappa shape index (κ1) is 20.3. The maximum atomic E-state index is 12.5. The van der Waals surface area contributed by atoms with Gasteiger partial charge in [-0.25, -0.2) is 4.68 Å². The maximum Gasteiger partial charge on any atom is 0.273 e. The average molecular weight is 387 g/mol. The van der Waals surface area contributed by atoms with Crippen LogP contribution in [0.3, 0.4) is 0 Å². The van der Waals surface area contributed by atoms with Gasteiger partial charge in [-0.05, 0) is 58.1 Å². The molecule has 152 valence electrons. The van der Waals surface area contributed by atoms with Gasteiger partial charge in [0.25, 0.3) is 5.91 Å². The van der Waals surface area contributed by atoms with Gasteiger partial charge in [-0.3, -0.25) is 4.79 Å². The Labute approximate surface area is 166 Å². The molecular formula is C20H30N6O2. The summed E-state index contributed by atoms with van der Waals surface area (Å²) in [5.41, 5.74) is 1.94. The lowest BCUT2D eigenvalue weighted by Crippen LogP contribution is -2.45. The van der Waals surface area contributed by atoms with Crippen molar-refractivity contribution in [3.8, 4) is 11.4 Å². The molecule has 0 radical (unpaired) electrons. The third-order valence-corrected chi connectivity index (χ3v) is 5.03. The van der Waals surface area contributed by atoms with E-state index in [1.807, 2.05) is 38.1 Å². The summed E-state index contributed by atoms with van der Waals surface area (Å²) in [5.74, 6) is 0.635. The maximum absolute atomic E-state index is 12.5. The largest absolute Gasteiger partial charge is 0.494 e. The van der Waals surface area contributed by atoms with E-state index < -0.39 is 0 Å². The molecule has 3 rings (SSSR count). The van der Waals surface area contributed by atoms with Crippen LogP contribution in [-0.2, 0) is 0 Å². The molecule has 0 spiro atoms. The molecule has 0 unspecified atom stereocenters. The number of amides is 1. The zero-order valence-corrected chi connectivity index (χ0v) is 17.0. The SMILES string of the molecule is CCOc1ccc(-n2nnc(C(=O)NCCCN3CCN(C)CC3)c2C)cc1. The fraction of sp³-hybridized carbons (Fsp3) is 0.550. The van der Waals surface area contributed by atoms with Crippen molar-refractivity contribution in [2.45, 2.75) is 20.3 Å². The topological polar surface area (TPSA) is 75.5 Å². The Morgan fingerprint density at radius 1 is 1.18 bits per heavy atom. The van der Waals surface area contributed by atoms with Crippen molar-refractivity contribution in [1.29, 1.82) is 0 Å². The Hall–Kier alpha value is -2.45. The van der Waals surface area contributed by atoms with Gasteiger partial charge in [0.2, 0.25) is 0 Å². The van der Waals surface area contributed by atoms with Crippen molar-refractivity contribution < 1.29 is 9.53 Å². The molecule has 28 heavy (non-hydrogen) atoms. The zero-order chi connectivity index (χ0) is 19.9. The summed E-state index contributed by atoms with van der Waals surface area (Å²) in [6, 6.07) is 7.59. The monoisotopic (exact) mass is 386 g/mol. The van der Waals surface area contributed by atoms with Gasteiger partial charge in [-0.2, -0.15) is 0 Å². The van der Waals surface area contributed by atoms with E-state index >= 15 is 0 Å². The van der Waals surface area contributed by atoms with Crippen LogP contribution in [0.25, 0.3) is 5.69 Å². The molecule has 8 heteroatoms. The third-order valence-electron chi connectivity index (χ3n) is 5.03. The molecule has 1 fully saturated rings. The van der Waals surface area contributed by atoms with Crippen molar-refractivity contribution in [1.82, 2.24) is 30.1 Å². The number of nitrogens with one attached hydrogen (secondary N) is 1. The minimum absolute atomic E-state index is 0.173. The second-order valence-electron chi connectivity index (χ2n) is 7.12. The highest BCUT2D eigenvalue weighted by Crippen LogP contribution is 2.17. The van der Waals surface area contributed by atoms with Crippen LogP contribution in [-0.4, -0.2) is 83.6 Å². The van der Waals surface area contributed by atoms with Gasteiger partial charge in [0, 0.05) is 32.7 Å². The Bertz CT molecular complexity index is 766. The average Bonchev–Trinajstić information content (AvgIpc) is 3.09. The second kappa shape index (κ2) is 9.66. The van der Waals surface area contributed by atoms with Gasteiger partial charge in [0.15, 0.2) is 5.69 Å². The van der Waals surface area contributed by atoms with Crippen molar-refractivity contribution >= 4 is 5.91 Å². The number of rotatable bonds is 8. The molecule has 1 aromatic heterocycles. The molecule has 1 N–H and O–H groups in total. The third kappa shape index (κ3) is 5.08. The predicted octanol–water partition coefficient (Wildman–Crippen LogP) is 1.34. The van der Waals surface area contributed by atoms with E-state index in [0.29, 0.717) is 18.8 Å². The van der Waals surface area contributed by atoms with Crippen molar-refractivity contribution in [3.63, 3.8) is 0 Å². The number of benzene rings is 1. The number of aromatic nitrogens is 3. The number of piperazine rings is 1. The molecular weight excluding hydrogens is 356 g/mol. The van der Waals surface area contributed by atoms with Gasteiger partial charge < -0.3 is 19.9 Å². The van der Waals surface area contributed by atoms with E-state index in [0.717, 1.165) is 56.3 Å². The predicted molar refractivity (Wildman–Crippen MR) is 108 cm³/mol. The molecule has 0 saturated carbocycles. The van der Waals surface area contributed by atoms with Crippen LogP contribution >= 0.6 is 0 Å². The Balaban J connectivity index is 1.50. The summed E-state index contributed by atoms with van der Waals surface area (Å²) in [6.45, 7) is 10.5. The summed E-state index contributed by atoms with van der Waals surface area (Å²) >= 11 is 0. The van der Waals surface area contributed by atoms with Crippen LogP contribution in [0.1, 0.15) is 29.5 Å².